The van der Waals surface area contributed by atoms with E-state index in [9.17, 15) is 0 Å². The zero-order chi connectivity index (χ0) is 13.7. The highest BCUT2D eigenvalue weighted by atomic mass is 16.5. The zero-order valence-electron chi connectivity index (χ0n) is 11.5. The summed E-state index contributed by atoms with van der Waals surface area (Å²) >= 11 is 0. The summed E-state index contributed by atoms with van der Waals surface area (Å²) in [5.41, 5.74) is 10.8. The normalized spacial score (nSPS) is 17.8. The molecule has 5 heteroatoms. The van der Waals surface area contributed by atoms with Gasteiger partial charge in [-0.3, -0.25) is 0 Å². The van der Waals surface area contributed by atoms with E-state index >= 15 is 0 Å². The van der Waals surface area contributed by atoms with Gasteiger partial charge in [-0.2, -0.15) is 5.10 Å². The third kappa shape index (κ3) is 3.17. The number of rotatable bonds is 6. The molecule has 1 aliphatic heterocycles. The highest BCUT2D eigenvalue weighted by Crippen LogP contribution is 2.32. The highest BCUT2D eigenvalue weighted by Gasteiger charge is 2.20. The Morgan fingerprint density at radius 2 is 2.26 bits per heavy atom. The van der Waals surface area contributed by atoms with Crippen LogP contribution >= 0.6 is 0 Å². The third-order valence-corrected chi connectivity index (χ3v) is 3.11. The predicted molar refractivity (Wildman–Crippen MR) is 75.8 cm³/mol. The van der Waals surface area contributed by atoms with Gasteiger partial charge in [-0.05, 0) is 24.1 Å². The molecule has 2 rings (SSSR count). The summed E-state index contributed by atoms with van der Waals surface area (Å²) in [5.74, 6) is 1.54. The first-order valence-corrected chi connectivity index (χ1v) is 6.60. The largest absolute Gasteiger partial charge is 0.493 e. The Labute approximate surface area is 113 Å². The van der Waals surface area contributed by atoms with E-state index < -0.39 is 0 Å². The highest BCUT2D eigenvalue weighted by molar-refractivity contribution is 5.88. The van der Waals surface area contributed by atoms with Crippen LogP contribution in [-0.4, -0.2) is 26.0 Å². The molecule has 1 atom stereocenters. The van der Waals surface area contributed by atoms with Gasteiger partial charge in [0.2, 0.25) is 0 Å². The van der Waals surface area contributed by atoms with Crippen LogP contribution in [0, 0.1) is 0 Å². The Balaban J connectivity index is 2.11. The fourth-order valence-corrected chi connectivity index (χ4v) is 2.05. The quantitative estimate of drug-likeness (QED) is 0.821. The summed E-state index contributed by atoms with van der Waals surface area (Å²) in [4.78, 5) is 0. The Hall–Kier alpha value is -1.75. The van der Waals surface area contributed by atoms with Gasteiger partial charge in [0.25, 0.3) is 0 Å². The Morgan fingerprint density at radius 3 is 2.89 bits per heavy atom. The van der Waals surface area contributed by atoms with E-state index in [-0.39, 0.29) is 6.04 Å². The van der Waals surface area contributed by atoms with Gasteiger partial charge in [-0.25, -0.2) is 0 Å². The molecule has 0 radical (unpaired) electrons. The lowest BCUT2D eigenvalue weighted by atomic mass is 10.0. The molecule has 1 aromatic carbocycles. The summed E-state index contributed by atoms with van der Waals surface area (Å²) in [6.45, 7) is 3.27. The second-order valence-corrected chi connectivity index (χ2v) is 4.53. The van der Waals surface area contributed by atoms with Gasteiger partial charge in [-0.15, -0.1) is 0 Å². The van der Waals surface area contributed by atoms with Gasteiger partial charge in [-0.1, -0.05) is 13.0 Å². The summed E-state index contributed by atoms with van der Waals surface area (Å²) in [6.07, 6.45) is 1.82. The van der Waals surface area contributed by atoms with E-state index in [0.717, 1.165) is 35.6 Å². The molecule has 1 unspecified atom stereocenters. The van der Waals surface area contributed by atoms with Gasteiger partial charge >= 0.3 is 0 Å². The minimum absolute atomic E-state index is 0.174. The summed E-state index contributed by atoms with van der Waals surface area (Å²) in [6, 6.07) is 6.16. The fraction of sp³-hybridized carbons (Fsp3) is 0.500. The zero-order valence-corrected chi connectivity index (χ0v) is 11.5. The van der Waals surface area contributed by atoms with Crippen molar-refractivity contribution >= 4 is 5.71 Å². The number of hydrogen-bond donors (Lipinski definition) is 2. The van der Waals surface area contributed by atoms with Crippen LogP contribution in [0.4, 0.5) is 0 Å². The number of nitrogens with one attached hydrogen (secondary N) is 1. The first kappa shape index (κ1) is 13.7. The Bertz CT molecular complexity index is 460. The van der Waals surface area contributed by atoms with Gasteiger partial charge in [0.05, 0.1) is 25.5 Å². The van der Waals surface area contributed by atoms with Crippen LogP contribution in [0.5, 0.6) is 11.5 Å². The van der Waals surface area contributed by atoms with Crippen LogP contribution in [-0.2, 0) is 0 Å². The van der Waals surface area contributed by atoms with Crippen molar-refractivity contribution in [2.45, 2.75) is 25.8 Å². The Morgan fingerprint density at radius 1 is 1.42 bits per heavy atom. The number of hydrogen-bond acceptors (Lipinski definition) is 5. The molecule has 0 fully saturated rings. The van der Waals surface area contributed by atoms with Crippen LogP contribution < -0.4 is 20.6 Å². The molecular formula is C14H21N3O2. The second-order valence-electron chi connectivity index (χ2n) is 4.53. The molecule has 1 heterocycles. The summed E-state index contributed by atoms with van der Waals surface area (Å²) in [5, 5.41) is 4.21. The molecule has 1 aromatic rings. The molecule has 0 aromatic heterocycles. The minimum atomic E-state index is 0.174. The maximum atomic E-state index is 5.64. The summed E-state index contributed by atoms with van der Waals surface area (Å²) < 4.78 is 11.0. The smallest absolute Gasteiger partial charge is 0.161 e. The average Bonchev–Trinajstić information content (AvgIpc) is 2.93. The van der Waals surface area contributed by atoms with Gasteiger partial charge in [0.15, 0.2) is 11.5 Å². The molecular weight excluding hydrogens is 242 g/mol. The monoisotopic (exact) mass is 263 g/mol. The fourth-order valence-electron chi connectivity index (χ4n) is 2.05. The second kappa shape index (κ2) is 6.43. The van der Waals surface area contributed by atoms with E-state index in [1.165, 1.54) is 0 Å². The van der Waals surface area contributed by atoms with Gasteiger partial charge in [0.1, 0.15) is 0 Å². The van der Waals surface area contributed by atoms with Crippen molar-refractivity contribution < 1.29 is 9.47 Å². The number of nitrogens with zero attached hydrogens (tertiary/aromatic N) is 1. The lowest BCUT2D eigenvalue weighted by Crippen LogP contribution is -2.13. The molecule has 5 nitrogen and oxygen atoms in total. The molecule has 1 aliphatic rings. The number of methoxy groups -OCH3 is 1. The van der Waals surface area contributed by atoms with Gasteiger partial charge < -0.3 is 20.6 Å². The van der Waals surface area contributed by atoms with Crippen LogP contribution in [0.25, 0.3) is 0 Å². The molecule has 19 heavy (non-hydrogen) atoms. The van der Waals surface area contributed by atoms with Crippen molar-refractivity contribution in [1.82, 2.24) is 5.43 Å². The maximum absolute atomic E-state index is 5.64. The van der Waals surface area contributed by atoms with Crippen molar-refractivity contribution in [2.24, 2.45) is 10.8 Å². The first-order chi connectivity index (χ1) is 9.28. The van der Waals surface area contributed by atoms with E-state index in [4.69, 9.17) is 15.2 Å². The van der Waals surface area contributed by atoms with E-state index in [0.29, 0.717) is 13.2 Å². The van der Waals surface area contributed by atoms with Crippen LogP contribution in [0.1, 0.15) is 31.4 Å². The third-order valence-electron chi connectivity index (χ3n) is 3.11. The number of ether oxygens (including phenoxy) is 2. The van der Waals surface area contributed by atoms with Crippen molar-refractivity contribution in [3.63, 3.8) is 0 Å². The summed E-state index contributed by atoms with van der Waals surface area (Å²) in [7, 11) is 1.65. The maximum Gasteiger partial charge on any atom is 0.161 e. The van der Waals surface area contributed by atoms with Crippen molar-refractivity contribution in [1.29, 1.82) is 0 Å². The van der Waals surface area contributed by atoms with E-state index in [2.05, 4.69) is 17.5 Å². The minimum Gasteiger partial charge on any atom is -0.493 e. The first-order valence-electron chi connectivity index (χ1n) is 6.60. The van der Waals surface area contributed by atoms with Crippen LogP contribution in [0.2, 0.25) is 0 Å². The van der Waals surface area contributed by atoms with Crippen molar-refractivity contribution in [2.75, 3.05) is 20.3 Å². The molecule has 0 saturated carbocycles. The van der Waals surface area contributed by atoms with Crippen molar-refractivity contribution in [3.8, 4) is 11.5 Å². The lowest BCUT2D eigenvalue weighted by molar-refractivity contribution is 0.294. The Kier molecular flexibility index (Phi) is 4.63. The molecule has 0 saturated heterocycles. The molecule has 0 bridgehead atoms. The topological polar surface area (TPSA) is 68.9 Å². The molecule has 104 valence electrons. The van der Waals surface area contributed by atoms with E-state index in [1.54, 1.807) is 7.11 Å². The number of benzene rings is 1. The SMILES string of the molecule is CCCOc1ccc(C2CC(CN)=NN2)cc1OC. The van der Waals surface area contributed by atoms with Gasteiger partial charge in [0, 0.05) is 13.0 Å². The van der Waals surface area contributed by atoms with Crippen molar-refractivity contribution in [3.05, 3.63) is 23.8 Å². The molecule has 0 spiro atoms. The molecule has 0 aliphatic carbocycles. The van der Waals surface area contributed by atoms with E-state index in [1.807, 2.05) is 18.2 Å². The number of hydrazone groups is 1. The van der Waals surface area contributed by atoms with Crippen LogP contribution in [0.3, 0.4) is 0 Å². The standard InChI is InChI=1S/C14H21N3O2/c1-3-6-19-13-5-4-10(7-14(13)18-2)12-8-11(9-15)16-17-12/h4-5,7,12,17H,3,6,8-9,15H2,1-2H3. The lowest BCUT2D eigenvalue weighted by Gasteiger charge is -2.15. The average molecular weight is 263 g/mol. The molecule has 0 amide bonds. The predicted octanol–water partition coefficient (Wildman–Crippen LogP) is 1.83. The number of nitrogens with two attached hydrogens (primary N) is 1. The van der Waals surface area contributed by atoms with Crippen LogP contribution in [0.15, 0.2) is 23.3 Å². The molecule has 3 N–H and O–H groups in total.